The van der Waals surface area contributed by atoms with E-state index in [1.54, 1.807) is 4.57 Å². The molecule has 4 rings (SSSR count). The van der Waals surface area contributed by atoms with Crippen LogP contribution in [-0.2, 0) is 6.42 Å². The largest absolute Gasteiger partial charge is 0.391 e. The van der Waals surface area contributed by atoms with Crippen LogP contribution in [0.2, 0.25) is 5.02 Å². The molecule has 1 saturated carbocycles. The molecule has 0 amide bonds. The lowest BCUT2D eigenvalue weighted by Gasteiger charge is -2.29. The predicted molar refractivity (Wildman–Crippen MR) is 106 cm³/mol. The topological polar surface area (TPSA) is 68.0 Å². The minimum absolute atomic E-state index is 0.142. The van der Waals surface area contributed by atoms with Gasteiger partial charge in [-0.3, -0.25) is 14.3 Å². The summed E-state index contributed by atoms with van der Waals surface area (Å²) in [5.41, 5.74) is 3.33. The zero-order valence-corrected chi connectivity index (χ0v) is 16.0. The molecular weight excluding hydrogens is 362 g/mol. The monoisotopic (exact) mass is 383 g/mol. The van der Waals surface area contributed by atoms with E-state index in [0.717, 1.165) is 42.5 Å². The van der Waals surface area contributed by atoms with Crippen molar-refractivity contribution in [3.63, 3.8) is 0 Å². The smallest absolute Gasteiger partial charge is 0.261 e. The van der Waals surface area contributed by atoms with E-state index >= 15 is 0 Å². The molecule has 2 unspecified atom stereocenters. The number of rotatable bonds is 3. The molecule has 1 aromatic carbocycles. The Morgan fingerprint density at radius 1 is 1.19 bits per heavy atom. The van der Waals surface area contributed by atoms with Crippen molar-refractivity contribution in [3.8, 4) is 0 Å². The number of aryl methyl sites for hydroxylation is 1. The van der Waals surface area contributed by atoms with Crippen LogP contribution in [-0.4, -0.2) is 25.7 Å². The number of benzene rings is 1. The van der Waals surface area contributed by atoms with Crippen LogP contribution in [0.1, 0.15) is 48.5 Å². The van der Waals surface area contributed by atoms with Crippen LogP contribution in [0, 0.1) is 6.92 Å². The Morgan fingerprint density at radius 3 is 2.74 bits per heavy atom. The zero-order chi connectivity index (χ0) is 19.0. The quantitative estimate of drug-likeness (QED) is 0.746. The first-order chi connectivity index (χ1) is 13.0. The SMILES string of the molecule is Cc1ccc(Cc2cc(Cl)c3ncn(C4CCCCC4O)c(=O)c3c2)cn1. The molecule has 1 aliphatic rings. The van der Waals surface area contributed by atoms with Gasteiger partial charge in [-0.2, -0.15) is 0 Å². The van der Waals surface area contributed by atoms with Gasteiger partial charge in [-0.05, 0) is 55.5 Å². The van der Waals surface area contributed by atoms with Crippen LogP contribution < -0.4 is 5.56 Å². The van der Waals surface area contributed by atoms with Crippen molar-refractivity contribution in [1.82, 2.24) is 14.5 Å². The number of hydrogen-bond donors (Lipinski definition) is 1. The van der Waals surface area contributed by atoms with Crippen molar-refractivity contribution in [3.05, 3.63) is 69.0 Å². The van der Waals surface area contributed by atoms with Crippen LogP contribution in [0.3, 0.4) is 0 Å². The van der Waals surface area contributed by atoms with Gasteiger partial charge in [0.2, 0.25) is 0 Å². The summed E-state index contributed by atoms with van der Waals surface area (Å²) in [4.78, 5) is 21.9. The average Bonchev–Trinajstić information content (AvgIpc) is 2.65. The van der Waals surface area contributed by atoms with E-state index in [1.165, 1.54) is 6.33 Å². The summed E-state index contributed by atoms with van der Waals surface area (Å²) in [6, 6.07) is 7.50. The van der Waals surface area contributed by atoms with Gasteiger partial charge in [-0.25, -0.2) is 4.98 Å². The van der Waals surface area contributed by atoms with Gasteiger partial charge in [0, 0.05) is 11.9 Å². The van der Waals surface area contributed by atoms with E-state index in [-0.39, 0.29) is 11.6 Å². The summed E-state index contributed by atoms with van der Waals surface area (Å²) in [7, 11) is 0. The van der Waals surface area contributed by atoms with Crippen molar-refractivity contribution < 1.29 is 5.11 Å². The van der Waals surface area contributed by atoms with E-state index in [4.69, 9.17) is 11.6 Å². The highest BCUT2D eigenvalue weighted by Crippen LogP contribution is 2.29. The lowest BCUT2D eigenvalue weighted by molar-refractivity contribution is 0.0735. The molecule has 5 nitrogen and oxygen atoms in total. The first kappa shape index (κ1) is 18.1. The summed E-state index contributed by atoms with van der Waals surface area (Å²) in [6.45, 7) is 1.95. The summed E-state index contributed by atoms with van der Waals surface area (Å²) in [5.74, 6) is 0. The van der Waals surface area contributed by atoms with Gasteiger partial charge in [-0.15, -0.1) is 0 Å². The molecule has 2 aromatic heterocycles. The molecule has 0 bridgehead atoms. The third-order valence-corrected chi connectivity index (χ3v) is 5.62. The van der Waals surface area contributed by atoms with Crippen molar-refractivity contribution >= 4 is 22.5 Å². The Kier molecular flexibility index (Phi) is 4.98. The number of aromatic nitrogens is 3. The van der Waals surface area contributed by atoms with Gasteiger partial charge in [-0.1, -0.05) is 30.5 Å². The molecule has 1 N–H and O–H groups in total. The van der Waals surface area contributed by atoms with Crippen molar-refractivity contribution in [2.45, 2.75) is 51.2 Å². The molecule has 0 radical (unpaired) electrons. The number of aliphatic hydroxyl groups excluding tert-OH is 1. The maximum absolute atomic E-state index is 13.1. The van der Waals surface area contributed by atoms with Crippen LogP contribution in [0.4, 0.5) is 0 Å². The van der Waals surface area contributed by atoms with Gasteiger partial charge in [0.05, 0.1) is 34.4 Å². The number of fused-ring (bicyclic) bond motifs is 1. The first-order valence-corrected chi connectivity index (χ1v) is 9.69. The highest BCUT2D eigenvalue weighted by Gasteiger charge is 2.26. The van der Waals surface area contributed by atoms with Gasteiger partial charge >= 0.3 is 0 Å². The van der Waals surface area contributed by atoms with E-state index in [9.17, 15) is 9.90 Å². The third kappa shape index (κ3) is 3.62. The molecule has 1 fully saturated rings. The van der Waals surface area contributed by atoms with E-state index in [0.29, 0.717) is 22.3 Å². The molecular formula is C21H22ClN3O2. The second-order valence-electron chi connectivity index (χ2n) is 7.33. The van der Waals surface area contributed by atoms with Gasteiger partial charge < -0.3 is 5.11 Å². The van der Waals surface area contributed by atoms with Crippen molar-refractivity contribution in [2.24, 2.45) is 0 Å². The minimum atomic E-state index is -0.506. The normalized spacial score (nSPS) is 20.1. The molecule has 3 aromatic rings. The Labute approximate surface area is 162 Å². The summed E-state index contributed by atoms with van der Waals surface area (Å²) >= 11 is 6.42. The number of aliphatic hydroxyl groups is 1. The highest BCUT2D eigenvalue weighted by molar-refractivity contribution is 6.35. The molecule has 27 heavy (non-hydrogen) atoms. The number of pyridine rings is 1. The summed E-state index contributed by atoms with van der Waals surface area (Å²) in [6.07, 6.45) is 7.01. The first-order valence-electron chi connectivity index (χ1n) is 9.32. The average molecular weight is 384 g/mol. The molecule has 2 heterocycles. The predicted octanol–water partition coefficient (Wildman–Crippen LogP) is 3.82. The summed E-state index contributed by atoms with van der Waals surface area (Å²) < 4.78 is 1.58. The molecule has 0 saturated heterocycles. The van der Waals surface area contributed by atoms with Crippen molar-refractivity contribution in [2.75, 3.05) is 0 Å². The molecule has 140 valence electrons. The minimum Gasteiger partial charge on any atom is -0.391 e. The lowest BCUT2D eigenvalue weighted by atomic mass is 9.92. The Bertz CT molecular complexity index is 1030. The molecule has 2 atom stereocenters. The molecule has 6 heteroatoms. The maximum atomic E-state index is 13.1. The van der Waals surface area contributed by atoms with Crippen LogP contribution in [0.15, 0.2) is 41.6 Å². The zero-order valence-electron chi connectivity index (χ0n) is 15.2. The molecule has 1 aliphatic carbocycles. The van der Waals surface area contributed by atoms with Gasteiger partial charge in [0.15, 0.2) is 0 Å². The maximum Gasteiger partial charge on any atom is 0.261 e. The highest BCUT2D eigenvalue weighted by atomic mass is 35.5. The number of nitrogens with zero attached hydrogens (tertiary/aromatic N) is 3. The van der Waals surface area contributed by atoms with E-state index < -0.39 is 6.10 Å². The van der Waals surface area contributed by atoms with Gasteiger partial charge in [0.1, 0.15) is 0 Å². The van der Waals surface area contributed by atoms with Crippen LogP contribution in [0.5, 0.6) is 0 Å². The molecule has 0 aliphatic heterocycles. The lowest BCUT2D eigenvalue weighted by Crippen LogP contribution is -2.34. The fraction of sp³-hybridized carbons (Fsp3) is 0.381. The standard InChI is InChI=1S/C21H22ClN3O2/c1-13-6-7-14(11-23-13)8-15-9-16-20(17(22)10-15)24-12-25(21(16)27)18-4-2-3-5-19(18)26/h6-7,9-12,18-19,26H,2-5,8H2,1H3. The van der Waals surface area contributed by atoms with Crippen molar-refractivity contribution in [1.29, 1.82) is 0 Å². The number of halogens is 1. The Hall–Kier alpha value is -2.24. The molecule has 0 spiro atoms. The fourth-order valence-corrected chi connectivity index (χ4v) is 4.14. The Morgan fingerprint density at radius 2 is 2.00 bits per heavy atom. The van der Waals surface area contributed by atoms with E-state index in [1.807, 2.05) is 37.4 Å². The van der Waals surface area contributed by atoms with E-state index in [2.05, 4.69) is 9.97 Å². The van der Waals surface area contributed by atoms with Crippen LogP contribution in [0.25, 0.3) is 10.9 Å². The van der Waals surface area contributed by atoms with Crippen LogP contribution >= 0.6 is 11.6 Å². The second-order valence-corrected chi connectivity index (χ2v) is 7.74. The fourth-order valence-electron chi connectivity index (χ4n) is 3.85. The Balaban J connectivity index is 1.76. The summed E-state index contributed by atoms with van der Waals surface area (Å²) in [5, 5.41) is 11.3. The third-order valence-electron chi connectivity index (χ3n) is 5.33. The van der Waals surface area contributed by atoms with Gasteiger partial charge in [0.25, 0.3) is 5.56 Å². The number of hydrogen-bond acceptors (Lipinski definition) is 4. The second kappa shape index (κ2) is 7.41.